The van der Waals surface area contributed by atoms with Crippen molar-refractivity contribution in [2.75, 3.05) is 13.2 Å². The van der Waals surface area contributed by atoms with Gasteiger partial charge in [-0.15, -0.1) is 0 Å². The molecule has 0 saturated carbocycles. The largest absolute Gasteiger partial charge is 0.463 e. The van der Waals surface area contributed by atoms with Crippen molar-refractivity contribution in [3.8, 4) is 23.7 Å². The van der Waals surface area contributed by atoms with Crippen LogP contribution in [0.2, 0.25) is 0 Å². The molecule has 10 unspecified atom stereocenters. The van der Waals surface area contributed by atoms with Crippen LogP contribution in [0.3, 0.4) is 0 Å². The molecular weight excluding hydrogens is 744 g/mol. The fourth-order valence-corrected chi connectivity index (χ4v) is 5.63. The normalized spacial score (nSPS) is 26.5. The Bertz CT molecular complexity index is 1650. The minimum atomic E-state index is -1.39. The van der Waals surface area contributed by atoms with E-state index < -0.39 is 122 Å². The zero-order valence-electron chi connectivity index (χ0n) is 31.8. The quantitative estimate of drug-likeness (QED) is 0.180. The van der Waals surface area contributed by atoms with E-state index in [0.717, 1.165) is 55.4 Å². The lowest BCUT2D eigenvalue weighted by Crippen LogP contribution is -2.62. The molecule has 2 fully saturated rings. The van der Waals surface area contributed by atoms with Gasteiger partial charge in [0.2, 0.25) is 0 Å². The molecule has 18 nitrogen and oxygen atoms in total. The van der Waals surface area contributed by atoms with Gasteiger partial charge in [0, 0.05) is 66.5 Å². The van der Waals surface area contributed by atoms with E-state index in [0.29, 0.717) is 11.1 Å². The molecule has 0 amide bonds. The summed E-state index contributed by atoms with van der Waals surface area (Å²) in [5, 5.41) is 0. The first-order chi connectivity index (χ1) is 26.3. The van der Waals surface area contributed by atoms with E-state index in [4.69, 9.17) is 47.4 Å². The van der Waals surface area contributed by atoms with Gasteiger partial charge in [-0.25, -0.2) is 0 Å². The highest BCUT2D eigenvalue weighted by atomic mass is 16.7. The second-order valence-electron chi connectivity index (χ2n) is 12.4. The number of carbonyl (C=O) groups is 8. The van der Waals surface area contributed by atoms with Gasteiger partial charge in [-0.05, 0) is 24.3 Å². The Hall–Kier alpha value is -5.98. The summed E-state index contributed by atoms with van der Waals surface area (Å²) >= 11 is 0. The number of rotatable bonds is 10. The van der Waals surface area contributed by atoms with Crippen molar-refractivity contribution < 1.29 is 85.7 Å². The summed E-state index contributed by atoms with van der Waals surface area (Å²) < 4.78 is 54.7. The van der Waals surface area contributed by atoms with Crippen LogP contribution in [0.4, 0.5) is 0 Å². The molecule has 56 heavy (non-hydrogen) atoms. The Labute approximate surface area is 322 Å². The number of benzene rings is 1. The van der Waals surface area contributed by atoms with Gasteiger partial charge in [-0.1, -0.05) is 23.7 Å². The molecule has 1 aromatic rings. The van der Waals surface area contributed by atoms with Crippen LogP contribution >= 0.6 is 0 Å². The zero-order valence-corrected chi connectivity index (χ0v) is 31.8. The lowest BCUT2D eigenvalue weighted by molar-refractivity contribution is -0.243. The lowest BCUT2D eigenvalue weighted by Gasteiger charge is -2.42. The van der Waals surface area contributed by atoms with Crippen molar-refractivity contribution in [3.63, 3.8) is 0 Å². The molecule has 2 heterocycles. The number of carbonyl (C=O) groups excluding carboxylic acids is 8. The molecule has 1 aromatic carbocycles. The average Bonchev–Trinajstić information content (AvgIpc) is 3.08. The van der Waals surface area contributed by atoms with Crippen LogP contribution in [0.25, 0.3) is 0 Å². The van der Waals surface area contributed by atoms with Crippen LogP contribution in [-0.2, 0) is 85.7 Å². The molecule has 2 saturated heterocycles. The third kappa shape index (κ3) is 13.7. The summed E-state index contributed by atoms with van der Waals surface area (Å²) in [5.74, 6) is 5.44. The van der Waals surface area contributed by atoms with Crippen molar-refractivity contribution in [1.82, 2.24) is 0 Å². The predicted octanol–water partition coefficient (Wildman–Crippen LogP) is 0.641. The van der Waals surface area contributed by atoms with E-state index in [1.165, 1.54) is 0 Å². The summed E-state index contributed by atoms with van der Waals surface area (Å²) in [4.78, 5) is 95.6. The van der Waals surface area contributed by atoms with Crippen molar-refractivity contribution in [2.24, 2.45) is 0 Å². The highest BCUT2D eigenvalue weighted by Crippen LogP contribution is 2.31. The minimum Gasteiger partial charge on any atom is -0.463 e. The Balaban J connectivity index is 1.97. The minimum absolute atomic E-state index is 0.413. The van der Waals surface area contributed by atoms with E-state index in [9.17, 15) is 38.4 Å². The molecule has 0 N–H and O–H groups in total. The second kappa shape index (κ2) is 20.6. The molecule has 0 bridgehead atoms. The smallest absolute Gasteiger partial charge is 0.303 e. The highest BCUT2D eigenvalue weighted by Gasteiger charge is 2.53. The third-order valence-electron chi connectivity index (χ3n) is 7.58. The van der Waals surface area contributed by atoms with Gasteiger partial charge in [0.25, 0.3) is 0 Å². The van der Waals surface area contributed by atoms with Gasteiger partial charge in [-0.2, -0.15) is 0 Å². The molecular formula is C38H42O18. The van der Waals surface area contributed by atoms with Crippen LogP contribution in [0.5, 0.6) is 0 Å². The fourth-order valence-electron chi connectivity index (χ4n) is 5.63. The van der Waals surface area contributed by atoms with Crippen LogP contribution in [0.15, 0.2) is 24.3 Å². The molecule has 2 aliphatic heterocycles. The highest BCUT2D eigenvalue weighted by molar-refractivity contribution is 5.70. The van der Waals surface area contributed by atoms with Crippen LogP contribution in [-0.4, -0.2) is 122 Å². The SMILES string of the molecule is CC(=O)OCC1OC(C#Cc2ccc(C#CC3OC(COC(C)=O)C(OC(C)=O)C(OC(C)=O)C3OC(C)=O)cc2)C(OC(C)=O)C(OC(C)=O)C1OC(C)=O. The zero-order chi connectivity index (χ0) is 41.7. The number of ether oxygens (including phenoxy) is 10. The molecule has 0 spiro atoms. The van der Waals surface area contributed by atoms with Gasteiger partial charge < -0.3 is 47.4 Å². The maximum atomic E-state index is 12.1. The van der Waals surface area contributed by atoms with Crippen LogP contribution in [0, 0.1) is 23.7 Å². The second-order valence-corrected chi connectivity index (χ2v) is 12.4. The predicted molar refractivity (Wildman–Crippen MR) is 184 cm³/mol. The summed E-state index contributed by atoms with van der Waals surface area (Å²) in [7, 11) is 0. The Morgan fingerprint density at radius 3 is 0.964 bits per heavy atom. The molecule has 10 atom stereocenters. The summed E-state index contributed by atoms with van der Waals surface area (Å²) in [6.45, 7) is 8.14. The lowest BCUT2D eigenvalue weighted by atomic mass is 9.94. The van der Waals surface area contributed by atoms with Crippen molar-refractivity contribution >= 4 is 47.8 Å². The fraction of sp³-hybridized carbons (Fsp3) is 0.526. The van der Waals surface area contributed by atoms with Gasteiger partial charge >= 0.3 is 47.8 Å². The number of hydrogen-bond acceptors (Lipinski definition) is 18. The first-order valence-electron chi connectivity index (χ1n) is 17.1. The molecule has 0 aliphatic carbocycles. The van der Waals surface area contributed by atoms with Crippen molar-refractivity contribution in [1.29, 1.82) is 0 Å². The van der Waals surface area contributed by atoms with E-state index in [1.807, 2.05) is 0 Å². The van der Waals surface area contributed by atoms with Crippen LogP contribution in [0.1, 0.15) is 66.5 Å². The first-order valence-corrected chi connectivity index (χ1v) is 17.1. The van der Waals surface area contributed by atoms with E-state index >= 15 is 0 Å². The molecule has 0 aromatic heterocycles. The molecule has 2 aliphatic rings. The third-order valence-corrected chi connectivity index (χ3v) is 7.58. The van der Waals surface area contributed by atoms with Gasteiger partial charge in [-0.3, -0.25) is 38.4 Å². The maximum absolute atomic E-state index is 12.1. The topological polar surface area (TPSA) is 229 Å². The Morgan fingerprint density at radius 2 is 0.696 bits per heavy atom. The Morgan fingerprint density at radius 1 is 0.429 bits per heavy atom. The van der Waals surface area contributed by atoms with Crippen molar-refractivity contribution in [2.45, 2.75) is 116 Å². The summed E-state index contributed by atoms with van der Waals surface area (Å²) in [6.07, 6.45) is -13.1. The van der Waals surface area contributed by atoms with Crippen molar-refractivity contribution in [3.05, 3.63) is 35.4 Å². The molecule has 302 valence electrons. The Kier molecular flexibility index (Phi) is 16.4. The van der Waals surface area contributed by atoms with E-state index in [1.54, 1.807) is 24.3 Å². The summed E-state index contributed by atoms with van der Waals surface area (Å²) in [6, 6.07) is 6.32. The summed E-state index contributed by atoms with van der Waals surface area (Å²) in [5.41, 5.74) is 0.825. The van der Waals surface area contributed by atoms with Gasteiger partial charge in [0.05, 0.1) is 0 Å². The number of esters is 8. The van der Waals surface area contributed by atoms with Gasteiger partial charge in [0.1, 0.15) is 25.4 Å². The standard InChI is InChI=1S/C38H42O18/c1-19(39)47-17-31-35(51-23(5)43)37(53-25(7)45)33(49-21(3)41)29(55-31)15-13-27-9-11-28(12-10-27)14-16-30-34(50-22(4)42)38(54-26(8)46)36(52-24(6)44)32(56-30)18-48-20(2)40/h9-12,29-38H,17-18H2,1-8H3. The molecule has 3 rings (SSSR count). The van der Waals surface area contributed by atoms with Gasteiger partial charge in [0.15, 0.2) is 48.8 Å². The van der Waals surface area contributed by atoms with E-state index in [2.05, 4.69) is 23.7 Å². The maximum Gasteiger partial charge on any atom is 0.303 e. The number of hydrogen-bond donors (Lipinski definition) is 0. The van der Waals surface area contributed by atoms with E-state index in [-0.39, 0.29) is 0 Å². The molecule has 18 heteroatoms. The van der Waals surface area contributed by atoms with Crippen LogP contribution < -0.4 is 0 Å². The average molecular weight is 787 g/mol. The first kappa shape index (κ1) is 44.4. The molecule has 0 radical (unpaired) electrons. The monoisotopic (exact) mass is 786 g/mol.